The van der Waals surface area contributed by atoms with Gasteiger partial charge >= 0.3 is 29.8 Å². The molecule has 47 heavy (non-hydrogen) atoms. The number of aromatic hydroxyl groups is 6. The van der Waals surface area contributed by atoms with Crippen LogP contribution in [0.15, 0.2) is 18.2 Å². The van der Waals surface area contributed by atoms with Crippen molar-refractivity contribution in [2.75, 3.05) is 13.7 Å². The number of hydrogen-bond donors (Lipinski definition) is 9. The first kappa shape index (κ1) is 34.3. The molecule has 9 N–H and O–H groups in total. The third kappa shape index (κ3) is 6.71. The second kappa shape index (κ2) is 13.4. The van der Waals surface area contributed by atoms with E-state index < -0.39 is 143 Å². The summed E-state index contributed by atoms with van der Waals surface area (Å²) in [6.07, 6.45) is -10.3. The van der Waals surface area contributed by atoms with E-state index in [1.54, 1.807) is 0 Å². The van der Waals surface area contributed by atoms with E-state index in [-0.39, 0.29) is 0 Å². The van der Waals surface area contributed by atoms with Crippen LogP contribution in [0.2, 0.25) is 0 Å². The van der Waals surface area contributed by atoms with Crippen LogP contribution in [-0.2, 0) is 38.1 Å². The maximum absolute atomic E-state index is 13.7. The Morgan fingerprint density at radius 3 is 2.09 bits per heavy atom. The van der Waals surface area contributed by atoms with Crippen LogP contribution < -0.4 is 0 Å². The summed E-state index contributed by atoms with van der Waals surface area (Å²) in [5.41, 5.74) is -2.30. The Morgan fingerprint density at radius 2 is 1.51 bits per heavy atom. The Bertz CT molecular complexity index is 1580. The van der Waals surface area contributed by atoms with E-state index in [0.717, 1.165) is 7.11 Å². The monoisotopic (exact) mass is 668 g/mol. The average Bonchev–Trinajstić information content (AvgIpc) is 3.02. The molecule has 0 bridgehead atoms. The summed E-state index contributed by atoms with van der Waals surface area (Å²) in [4.78, 5) is 63.4. The number of cyclic esters (lactones) is 1. The largest absolute Gasteiger partial charge is 0.504 e. The number of carboxylic acids is 1. The standard InChI is InChI=1S/C28H28O19/c1-43-27(42)23-18(10(24(38)39)6-16(34)45-23)17-11(5-14(32)20(36)21(17)37)26(41)46-22-15(33)4-9(7-29)44-28(22)47-25(40)8-2-12(30)19(35)13(31)3-8/h2-3,5,9-10,15,18,22-23,28-33,35-37H,4,6-7H2,1H3,(H,38,39). The highest BCUT2D eigenvalue weighted by Gasteiger charge is 2.51. The lowest BCUT2D eigenvalue weighted by Gasteiger charge is -2.38. The average molecular weight is 669 g/mol. The Balaban J connectivity index is 1.76. The molecule has 2 heterocycles. The van der Waals surface area contributed by atoms with E-state index in [1.807, 2.05) is 0 Å². The highest BCUT2D eigenvalue weighted by Crippen LogP contribution is 2.49. The van der Waals surface area contributed by atoms with Gasteiger partial charge in [-0.05, 0) is 18.2 Å². The van der Waals surface area contributed by atoms with Crippen molar-refractivity contribution in [1.82, 2.24) is 0 Å². The fraction of sp³-hybridized carbons (Fsp3) is 0.393. The minimum Gasteiger partial charge on any atom is -0.504 e. The molecule has 7 atom stereocenters. The second-order valence-corrected chi connectivity index (χ2v) is 10.4. The smallest absolute Gasteiger partial charge is 0.347 e. The van der Waals surface area contributed by atoms with Crippen molar-refractivity contribution in [1.29, 1.82) is 0 Å². The predicted octanol–water partition coefficient (Wildman–Crippen LogP) is -0.956. The molecule has 2 saturated heterocycles. The molecule has 0 amide bonds. The van der Waals surface area contributed by atoms with Crippen LogP contribution in [0.25, 0.3) is 0 Å². The Kier molecular flexibility index (Phi) is 9.83. The summed E-state index contributed by atoms with van der Waals surface area (Å²) in [5.74, 6) is -17.4. The first-order chi connectivity index (χ1) is 22.1. The van der Waals surface area contributed by atoms with Crippen LogP contribution in [0.3, 0.4) is 0 Å². The van der Waals surface area contributed by atoms with Crippen LogP contribution in [0.1, 0.15) is 45.0 Å². The lowest BCUT2D eigenvalue weighted by atomic mass is 9.76. The molecule has 254 valence electrons. The molecule has 4 rings (SSSR count). The number of aliphatic carboxylic acids is 1. The van der Waals surface area contributed by atoms with Crippen LogP contribution in [0.5, 0.6) is 34.5 Å². The molecule has 19 heteroatoms. The van der Waals surface area contributed by atoms with Gasteiger partial charge < -0.3 is 69.6 Å². The first-order valence-electron chi connectivity index (χ1n) is 13.5. The predicted molar refractivity (Wildman–Crippen MR) is 144 cm³/mol. The summed E-state index contributed by atoms with van der Waals surface area (Å²) in [5, 5.41) is 90.7. The van der Waals surface area contributed by atoms with Gasteiger partial charge in [0.25, 0.3) is 0 Å². The number of carboxylic acid groups (broad SMARTS) is 1. The number of benzene rings is 2. The van der Waals surface area contributed by atoms with Gasteiger partial charge in [0.2, 0.25) is 18.1 Å². The minimum absolute atomic E-state index is 0.410. The van der Waals surface area contributed by atoms with E-state index in [2.05, 4.69) is 4.74 Å². The summed E-state index contributed by atoms with van der Waals surface area (Å²) >= 11 is 0. The van der Waals surface area contributed by atoms with Gasteiger partial charge in [0.15, 0.2) is 34.9 Å². The Hall–Kier alpha value is -5.53. The van der Waals surface area contributed by atoms with Crippen molar-refractivity contribution < 1.29 is 93.6 Å². The molecule has 2 fully saturated rings. The Morgan fingerprint density at radius 1 is 0.894 bits per heavy atom. The van der Waals surface area contributed by atoms with Crippen LogP contribution in [0.4, 0.5) is 0 Å². The third-order valence-corrected chi connectivity index (χ3v) is 7.46. The summed E-state index contributed by atoms with van der Waals surface area (Å²) in [7, 11) is 0.868. The maximum Gasteiger partial charge on any atom is 0.347 e. The molecule has 7 unspecified atom stereocenters. The zero-order chi connectivity index (χ0) is 34.9. The number of esters is 4. The summed E-state index contributed by atoms with van der Waals surface area (Å²) in [6, 6.07) is 1.91. The van der Waals surface area contributed by atoms with Crippen molar-refractivity contribution >= 4 is 29.8 Å². The lowest BCUT2D eigenvalue weighted by Crippen LogP contribution is -2.53. The molecule has 0 saturated carbocycles. The SMILES string of the molecule is COC(=O)C1OC(=O)CC(C(=O)O)C1c1c(C(=O)OC2C(O)CC(CO)OC2OC(=O)c2cc(O)c(O)c(O)c2)cc(O)c(O)c1O. The van der Waals surface area contributed by atoms with Crippen LogP contribution >= 0.6 is 0 Å². The number of phenols is 6. The van der Waals surface area contributed by atoms with Gasteiger partial charge in [-0.3, -0.25) is 9.59 Å². The fourth-order valence-electron chi connectivity index (χ4n) is 5.19. The van der Waals surface area contributed by atoms with Crippen molar-refractivity contribution in [2.45, 2.75) is 49.5 Å². The molecule has 2 aromatic rings. The first-order valence-corrected chi connectivity index (χ1v) is 13.5. The molecule has 2 aromatic carbocycles. The molecule has 0 aromatic heterocycles. The number of aliphatic hydroxyl groups is 2. The van der Waals surface area contributed by atoms with Gasteiger partial charge in [-0.2, -0.15) is 0 Å². The Labute approximate surface area is 262 Å². The normalized spacial score (nSPS) is 25.7. The quantitative estimate of drug-likeness (QED) is 0.0929. The molecule has 0 radical (unpaired) electrons. The minimum atomic E-state index is -2.09. The van der Waals surface area contributed by atoms with Gasteiger partial charge in [0, 0.05) is 12.0 Å². The van der Waals surface area contributed by atoms with Crippen molar-refractivity contribution in [3.05, 3.63) is 34.9 Å². The van der Waals surface area contributed by atoms with Gasteiger partial charge in [-0.15, -0.1) is 0 Å². The number of rotatable bonds is 8. The molecular formula is C28H28O19. The molecule has 2 aliphatic rings. The van der Waals surface area contributed by atoms with Crippen molar-refractivity contribution in [2.24, 2.45) is 5.92 Å². The van der Waals surface area contributed by atoms with Crippen LogP contribution in [0, 0.1) is 5.92 Å². The second-order valence-electron chi connectivity index (χ2n) is 10.4. The third-order valence-electron chi connectivity index (χ3n) is 7.46. The summed E-state index contributed by atoms with van der Waals surface area (Å²) < 4.78 is 25.5. The fourth-order valence-corrected chi connectivity index (χ4v) is 5.19. The molecular weight excluding hydrogens is 640 g/mol. The van der Waals surface area contributed by atoms with E-state index in [0.29, 0.717) is 18.2 Å². The number of ether oxygens (including phenoxy) is 5. The number of methoxy groups -OCH3 is 1. The molecule has 2 aliphatic heterocycles. The van der Waals surface area contributed by atoms with Crippen molar-refractivity contribution in [3.8, 4) is 34.5 Å². The van der Waals surface area contributed by atoms with E-state index in [4.69, 9.17) is 18.9 Å². The van der Waals surface area contributed by atoms with Crippen LogP contribution in [-0.4, -0.2) is 120 Å². The van der Waals surface area contributed by atoms with E-state index in [1.165, 1.54) is 0 Å². The molecule has 0 aliphatic carbocycles. The van der Waals surface area contributed by atoms with Gasteiger partial charge in [-0.1, -0.05) is 0 Å². The molecule has 19 nitrogen and oxygen atoms in total. The van der Waals surface area contributed by atoms with E-state index in [9.17, 15) is 69.9 Å². The topological polar surface area (TPSA) is 314 Å². The zero-order valence-electron chi connectivity index (χ0n) is 24.0. The zero-order valence-corrected chi connectivity index (χ0v) is 24.0. The highest BCUT2D eigenvalue weighted by atomic mass is 16.7. The number of carbonyl (C=O) groups is 5. The van der Waals surface area contributed by atoms with Gasteiger partial charge in [0.1, 0.15) is 0 Å². The number of carbonyl (C=O) groups excluding carboxylic acids is 4. The number of aliphatic hydroxyl groups excluding tert-OH is 2. The van der Waals surface area contributed by atoms with Gasteiger partial charge in [-0.25, -0.2) is 14.4 Å². The number of hydrogen-bond acceptors (Lipinski definition) is 18. The van der Waals surface area contributed by atoms with Gasteiger partial charge in [0.05, 0.1) is 55.3 Å². The van der Waals surface area contributed by atoms with Crippen molar-refractivity contribution in [3.63, 3.8) is 0 Å². The maximum atomic E-state index is 13.7. The lowest BCUT2D eigenvalue weighted by molar-refractivity contribution is -0.250. The molecule has 0 spiro atoms. The number of phenolic OH excluding ortho intramolecular Hbond substituents is 6. The summed E-state index contributed by atoms with van der Waals surface area (Å²) in [6.45, 7) is -0.720. The highest BCUT2D eigenvalue weighted by molar-refractivity contribution is 5.96. The van der Waals surface area contributed by atoms with E-state index >= 15 is 0 Å².